The van der Waals surface area contributed by atoms with Crippen molar-refractivity contribution in [2.45, 2.75) is 19.5 Å². The Kier molecular flexibility index (Phi) is 4.93. The summed E-state index contributed by atoms with van der Waals surface area (Å²) in [5.74, 6) is 0.186. The molecule has 0 unspecified atom stereocenters. The van der Waals surface area contributed by atoms with E-state index in [0.717, 1.165) is 5.56 Å². The van der Waals surface area contributed by atoms with Crippen LogP contribution in [0.2, 0.25) is 0 Å². The van der Waals surface area contributed by atoms with Crippen LogP contribution in [0.25, 0.3) is 0 Å². The van der Waals surface area contributed by atoms with Crippen molar-refractivity contribution in [2.24, 2.45) is 0 Å². The van der Waals surface area contributed by atoms with Crippen molar-refractivity contribution >= 4 is 35.3 Å². The molecule has 0 aliphatic carbocycles. The van der Waals surface area contributed by atoms with Crippen LogP contribution in [0.15, 0.2) is 43.0 Å². The zero-order valence-corrected chi connectivity index (χ0v) is 13.3. The second-order valence-corrected chi connectivity index (χ2v) is 6.23. The molecule has 0 saturated carbocycles. The number of hydrogen-bond donors (Lipinski definition) is 2. The number of nitrogens with zero attached hydrogens (tertiary/aromatic N) is 1. The lowest BCUT2D eigenvalue weighted by Crippen LogP contribution is -2.26. The molecular formula is C15H17N3OS2. The highest BCUT2D eigenvalue weighted by Crippen LogP contribution is 2.23. The van der Waals surface area contributed by atoms with Gasteiger partial charge in [-0.1, -0.05) is 47.7 Å². The van der Waals surface area contributed by atoms with Gasteiger partial charge in [-0.25, -0.2) is 0 Å². The van der Waals surface area contributed by atoms with Gasteiger partial charge in [0.1, 0.15) is 10.7 Å². The van der Waals surface area contributed by atoms with Gasteiger partial charge in [-0.3, -0.25) is 4.79 Å². The van der Waals surface area contributed by atoms with Gasteiger partial charge in [-0.2, -0.15) is 0 Å². The van der Waals surface area contributed by atoms with E-state index in [9.17, 15) is 4.79 Å². The molecule has 0 bridgehead atoms. The normalized spacial score (nSPS) is 11.9. The van der Waals surface area contributed by atoms with Gasteiger partial charge in [0, 0.05) is 6.54 Å². The van der Waals surface area contributed by atoms with E-state index in [1.54, 1.807) is 10.6 Å². The van der Waals surface area contributed by atoms with Gasteiger partial charge in [0.25, 0.3) is 5.91 Å². The van der Waals surface area contributed by atoms with Gasteiger partial charge >= 0.3 is 0 Å². The summed E-state index contributed by atoms with van der Waals surface area (Å²) in [4.78, 5) is 12.8. The van der Waals surface area contributed by atoms with Gasteiger partial charge in [0.15, 0.2) is 3.95 Å². The van der Waals surface area contributed by atoms with Crippen LogP contribution in [0.1, 0.15) is 28.2 Å². The maximum atomic E-state index is 12.4. The van der Waals surface area contributed by atoms with Crippen molar-refractivity contribution in [2.75, 3.05) is 5.73 Å². The van der Waals surface area contributed by atoms with Crippen LogP contribution in [-0.2, 0) is 6.54 Å². The molecule has 21 heavy (non-hydrogen) atoms. The number of carbonyl (C=O) groups is 1. The monoisotopic (exact) mass is 319 g/mol. The second kappa shape index (κ2) is 6.69. The molecule has 0 aliphatic rings. The molecule has 0 spiro atoms. The number of aromatic nitrogens is 1. The number of thiazole rings is 1. The molecule has 110 valence electrons. The van der Waals surface area contributed by atoms with E-state index in [-0.39, 0.29) is 11.9 Å². The molecule has 1 aromatic heterocycles. The molecule has 2 aromatic rings. The van der Waals surface area contributed by atoms with Crippen LogP contribution in [0.3, 0.4) is 0 Å². The lowest BCUT2D eigenvalue weighted by molar-refractivity contribution is 0.0944. The number of nitrogens with one attached hydrogen (secondary N) is 1. The van der Waals surface area contributed by atoms with Crippen molar-refractivity contribution in [3.8, 4) is 0 Å². The van der Waals surface area contributed by atoms with E-state index < -0.39 is 0 Å². The van der Waals surface area contributed by atoms with Crippen LogP contribution in [-0.4, -0.2) is 10.5 Å². The summed E-state index contributed by atoms with van der Waals surface area (Å²) in [6.45, 7) is 6.10. The van der Waals surface area contributed by atoms with Crippen molar-refractivity contribution in [1.29, 1.82) is 0 Å². The first-order chi connectivity index (χ1) is 10.0. The van der Waals surface area contributed by atoms with E-state index in [1.807, 2.05) is 37.3 Å². The summed E-state index contributed by atoms with van der Waals surface area (Å²) in [5.41, 5.74) is 7.04. The molecule has 6 heteroatoms. The summed E-state index contributed by atoms with van der Waals surface area (Å²) >= 11 is 6.44. The Hall–Kier alpha value is -1.92. The second-order valence-electron chi connectivity index (χ2n) is 4.59. The maximum absolute atomic E-state index is 12.4. The Labute approximate surface area is 132 Å². The van der Waals surface area contributed by atoms with Gasteiger partial charge in [0.05, 0.1) is 6.04 Å². The first kappa shape index (κ1) is 15.5. The van der Waals surface area contributed by atoms with Crippen molar-refractivity contribution in [3.05, 3.63) is 57.4 Å². The molecule has 1 heterocycles. The smallest absolute Gasteiger partial charge is 0.265 e. The van der Waals surface area contributed by atoms with Crippen LogP contribution >= 0.6 is 23.6 Å². The number of hydrogen-bond acceptors (Lipinski definition) is 4. The number of nitrogen functional groups attached to an aromatic ring is 1. The third-order valence-electron chi connectivity index (χ3n) is 3.10. The number of nitrogens with two attached hydrogens (primary N) is 1. The molecule has 4 nitrogen and oxygen atoms in total. The molecule has 0 aliphatic heterocycles. The predicted octanol–water partition coefficient (Wildman–Crippen LogP) is 3.54. The number of anilines is 1. The number of allylic oxidation sites excluding steroid dienone is 1. The quantitative estimate of drug-likeness (QED) is 0.654. The minimum absolute atomic E-state index is 0.0957. The summed E-state index contributed by atoms with van der Waals surface area (Å²) in [6.07, 6.45) is 1.70. The molecule has 0 radical (unpaired) electrons. The molecular weight excluding hydrogens is 302 g/mol. The average molecular weight is 319 g/mol. The van der Waals surface area contributed by atoms with Gasteiger partial charge < -0.3 is 15.6 Å². The Morgan fingerprint density at radius 2 is 2.19 bits per heavy atom. The number of amides is 1. The zero-order valence-electron chi connectivity index (χ0n) is 11.7. The summed E-state index contributed by atoms with van der Waals surface area (Å²) < 4.78 is 2.28. The van der Waals surface area contributed by atoms with Crippen molar-refractivity contribution < 1.29 is 4.79 Å². The van der Waals surface area contributed by atoms with E-state index in [4.69, 9.17) is 18.0 Å². The summed E-state index contributed by atoms with van der Waals surface area (Å²) in [5, 5.41) is 2.94. The Balaban J connectivity index is 2.20. The van der Waals surface area contributed by atoms with E-state index >= 15 is 0 Å². The van der Waals surface area contributed by atoms with Crippen molar-refractivity contribution in [3.63, 3.8) is 0 Å². The molecule has 0 saturated heterocycles. The van der Waals surface area contributed by atoms with E-state index in [0.29, 0.717) is 21.2 Å². The topological polar surface area (TPSA) is 60.0 Å². The third kappa shape index (κ3) is 3.40. The molecule has 0 fully saturated rings. The Morgan fingerprint density at radius 1 is 1.52 bits per heavy atom. The highest BCUT2D eigenvalue weighted by atomic mass is 32.1. The fourth-order valence-electron chi connectivity index (χ4n) is 1.97. The van der Waals surface area contributed by atoms with E-state index in [1.165, 1.54) is 11.3 Å². The fraction of sp³-hybridized carbons (Fsp3) is 0.200. The first-order valence-electron chi connectivity index (χ1n) is 6.50. The van der Waals surface area contributed by atoms with Gasteiger partial charge in [-0.15, -0.1) is 6.58 Å². The Morgan fingerprint density at radius 3 is 2.81 bits per heavy atom. The zero-order chi connectivity index (χ0) is 15.4. The lowest BCUT2D eigenvalue weighted by Gasteiger charge is -2.13. The summed E-state index contributed by atoms with van der Waals surface area (Å²) in [7, 11) is 0. The summed E-state index contributed by atoms with van der Waals surface area (Å²) in [6, 6.07) is 9.67. The molecule has 1 amide bonds. The highest BCUT2D eigenvalue weighted by molar-refractivity contribution is 7.73. The van der Waals surface area contributed by atoms with Crippen LogP contribution in [0.4, 0.5) is 5.82 Å². The van der Waals surface area contributed by atoms with Gasteiger partial charge in [0.2, 0.25) is 0 Å². The lowest BCUT2D eigenvalue weighted by atomic mass is 10.1. The molecule has 2 rings (SSSR count). The Bertz CT molecular complexity index is 703. The minimum atomic E-state index is -0.206. The molecule has 3 N–H and O–H groups in total. The standard InChI is InChI=1S/C15H17N3OS2/c1-3-9-18-13(16)12(21-15(18)20)14(19)17-10(2)11-7-5-4-6-8-11/h3-8,10H,1,9,16H2,2H3,(H,17,19)/t10-/m0/s1. The maximum Gasteiger partial charge on any atom is 0.265 e. The van der Waals surface area contributed by atoms with Crippen LogP contribution in [0, 0.1) is 3.95 Å². The number of rotatable bonds is 5. The van der Waals surface area contributed by atoms with Crippen LogP contribution in [0.5, 0.6) is 0 Å². The third-order valence-corrected chi connectivity index (χ3v) is 4.56. The minimum Gasteiger partial charge on any atom is -0.384 e. The average Bonchev–Trinajstić information content (AvgIpc) is 2.76. The first-order valence-corrected chi connectivity index (χ1v) is 7.73. The highest BCUT2D eigenvalue weighted by Gasteiger charge is 2.18. The van der Waals surface area contributed by atoms with Crippen molar-refractivity contribution in [1.82, 2.24) is 9.88 Å². The largest absolute Gasteiger partial charge is 0.384 e. The molecule has 1 atom stereocenters. The predicted molar refractivity (Wildman–Crippen MR) is 90.1 cm³/mol. The van der Waals surface area contributed by atoms with Crippen LogP contribution < -0.4 is 11.1 Å². The molecule has 1 aromatic carbocycles. The van der Waals surface area contributed by atoms with Gasteiger partial charge in [-0.05, 0) is 24.7 Å². The number of benzene rings is 1. The number of carbonyl (C=O) groups excluding carboxylic acids is 1. The SMILES string of the molecule is C=CCn1c(N)c(C(=O)N[C@@H](C)c2ccccc2)sc1=S. The fourth-order valence-corrected chi connectivity index (χ4v) is 3.21. The van der Waals surface area contributed by atoms with E-state index in [2.05, 4.69) is 11.9 Å².